The van der Waals surface area contributed by atoms with Gasteiger partial charge >= 0.3 is 5.97 Å². The number of nitrogens with zero attached hydrogens (tertiary/aromatic N) is 2. The Morgan fingerprint density at radius 3 is 2.60 bits per heavy atom. The van der Waals surface area contributed by atoms with Gasteiger partial charge in [0.2, 0.25) is 5.91 Å². The van der Waals surface area contributed by atoms with E-state index in [2.05, 4.69) is 22.2 Å². The molecule has 30 heavy (non-hydrogen) atoms. The third-order valence-electron chi connectivity index (χ3n) is 4.55. The first-order valence-corrected chi connectivity index (χ1v) is 11.5. The van der Waals surface area contributed by atoms with Gasteiger partial charge in [-0.3, -0.25) is 9.59 Å². The van der Waals surface area contributed by atoms with Crippen LogP contribution in [0.5, 0.6) is 0 Å². The molecule has 1 amide bonds. The molecule has 0 saturated carbocycles. The van der Waals surface area contributed by atoms with Crippen LogP contribution in [-0.2, 0) is 14.3 Å². The van der Waals surface area contributed by atoms with Crippen molar-refractivity contribution in [1.29, 1.82) is 0 Å². The predicted octanol–water partition coefficient (Wildman–Crippen LogP) is 4.60. The van der Waals surface area contributed by atoms with Crippen molar-refractivity contribution in [2.24, 2.45) is 0 Å². The smallest absolute Gasteiger partial charge is 0.308 e. The fraction of sp³-hybridized carbons (Fsp3) is 0.364. The molecule has 8 heteroatoms. The predicted molar refractivity (Wildman–Crippen MR) is 121 cm³/mol. The normalized spacial score (nSPS) is 12.2. The maximum absolute atomic E-state index is 12.7. The minimum Gasteiger partial charge on any atom is -0.463 e. The summed E-state index contributed by atoms with van der Waals surface area (Å²) in [5.41, 5.74) is 2.02. The molecule has 3 rings (SSSR count). The Hall–Kier alpha value is -2.45. The SMILES string of the molecule is Cc1sc2ncnc(SCC(=O)NC(CC(=O)OC(C)C)c3ccccc3)c2c1C. The first kappa shape index (κ1) is 22.2. The molecule has 0 aliphatic heterocycles. The van der Waals surface area contributed by atoms with E-state index in [-0.39, 0.29) is 30.2 Å². The van der Waals surface area contributed by atoms with Crippen molar-refractivity contribution >= 4 is 45.2 Å². The molecule has 2 heterocycles. The molecule has 0 aliphatic carbocycles. The summed E-state index contributed by atoms with van der Waals surface area (Å²) in [6.07, 6.45) is 1.42. The molecule has 158 valence electrons. The molecule has 6 nitrogen and oxygen atoms in total. The maximum atomic E-state index is 12.7. The Labute approximate surface area is 184 Å². The number of amides is 1. The van der Waals surface area contributed by atoms with Crippen LogP contribution in [0.2, 0.25) is 0 Å². The lowest BCUT2D eigenvalue weighted by Gasteiger charge is -2.19. The Bertz CT molecular complexity index is 1030. The average Bonchev–Trinajstić information content (AvgIpc) is 3.00. The quantitative estimate of drug-likeness (QED) is 0.311. The summed E-state index contributed by atoms with van der Waals surface area (Å²) < 4.78 is 5.27. The Morgan fingerprint density at radius 2 is 1.90 bits per heavy atom. The van der Waals surface area contributed by atoms with Crippen molar-refractivity contribution < 1.29 is 14.3 Å². The van der Waals surface area contributed by atoms with Crippen molar-refractivity contribution in [3.8, 4) is 0 Å². The van der Waals surface area contributed by atoms with Gasteiger partial charge in [0.15, 0.2) is 0 Å². The zero-order chi connectivity index (χ0) is 21.7. The van der Waals surface area contributed by atoms with Crippen molar-refractivity contribution in [2.75, 3.05) is 5.75 Å². The van der Waals surface area contributed by atoms with Gasteiger partial charge in [0.25, 0.3) is 0 Å². The van der Waals surface area contributed by atoms with E-state index < -0.39 is 6.04 Å². The van der Waals surface area contributed by atoms with Crippen molar-refractivity contribution in [1.82, 2.24) is 15.3 Å². The van der Waals surface area contributed by atoms with Crippen molar-refractivity contribution in [3.63, 3.8) is 0 Å². The Morgan fingerprint density at radius 1 is 1.17 bits per heavy atom. The van der Waals surface area contributed by atoms with Crippen LogP contribution in [0.4, 0.5) is 0 Å². The van der Waals surface area contributed by atoms with Gasteiger partial charge in [0, 0.05) is 10.3 Å². The number of aromatic nitrogens is 2. The maximum Gasteiger partial charge on any atom is 0.308 e. The molecule has 0 aliphatic rings. The second kappa shape index (κ2) is 10.0. The van der Waals surface area contributed by atoms with E-state index in [0.717, 1.165) is 26.4 Å². The van der Waals surface area contributed by atoms with Crippen molar-refractivity contribution in [3.05, 3.63) is 52.7 Å². The summed E-state index contributed by atoms with van der Waals surface area (Å²) in [6.45, 7) is 7.72. The lowest BCUT2D eigenvalue weighted by Crippen LogP contribution is -2.32. The zero-order valence-corrected chi connectivity index (χ0v) is 19.1. The van der Waals surface area contributed by atoms with Gasteiger partial charge in [0.1, 0.15) is 16.2 Å². The van der Waals surface area contributed by atoms with E-state index in [4.69, 9.17) is 4.74 Å². The minimum absolute atomic E-state index is 0.0825. The van der Waals surface area contributed by atoms with Gasteiger partial charge in [-0.05, 0) is 38.8 Å². The lowest BCUT2D eigenvalue weighted by molar-refractivity contribution is -0.148. The van der Waals surface area contributed by atoms with Gasteiger partial charge in [0.05, 0.1) is 24.3 Å². The van der Waals surface area contributed by atoms with Crippen LogP contribution in [0.1, 0.15) is 42.3 Å². The Balaban J connectivity index is 1.70. The number of aryl methyl sites for hydroxylation is 2. The van der Waals surface area contributed by atoms with Crippen molar-refractivity contribution in [2.45, 2.75) is 51.3 Å². The first-order valence-electron chi connectivity index (χ1n) is 9.72. The highest BCUT2D eigenvalue weighted by atomic mass is 32.2. The summed E-state index contributed by atoms with van der Waals surface area (Å²) in [7, 11) is 0. The van der Waals surface area contributed by atoms with E-state index in [1.165, 1.54) is 23.0 Å². The highest BCUT2D eigenvalue weighted by molar-refractivity contribution is 8.00. The molecular weight excluding hydrogens is 418 g/mol. The number of thiophene rings is 1. The van der Waals surface area contributed by atoms with E-state index in [1.54, 1.807) is 25.2 Å². The summed E-state index contributed by atoms with van der Waals surface area (Å²) in [6, 6.07) is 9.02. The molecule has 0 spiro atoms. The van der Waals surface area contributed by atoms with Crippen LogP contribution in [0.3, 0.4) is 0 Å². The molecule has 1 unspecified atom stereocenters. The number of carbonyl (C=O) groups is 2. The first-order chi connectivity index (χ1) is 14.3. The second-order valence-corrected chi connectivity index (χ2v) is 9.37. The average molecular weight is 444 g/mol. The topological polar surface area (TPSA) is 81.2 Å². The summed E-state index contributed by atoms with van der Waals surface area (Å²) in [5.74, 6) is -0.306. The number of esters is 1. The summed E-state index contributed by atoms with van der Waals surface area (Å²) in [4.78, 5) is 35.7. The van der Waals surface area contributed by atoms with Gasteiger partial charge in [-0.25, -0.2) is 9.97 Å². The van der Waals surface area contributed by atoms with E-state index in [1.807, 2.05) is 37.3 Å². The molecule has 1 aromatic carbocycles. The molecule has 3 aromatic rings. The highest BCUT2D eigenvalue weighted by Gasteiger charge is 2.21. The molecule has 0 saturated heterocycles. The standard InChI is InChI=1S/C22H25N3O3S2/c1-13(2)28-19(27)10-17(16-8-6-5-7-9-16)25-18(26)11-29-21-20-14(3)15(4)30-22(20)24-12-23-21/h5-9,12-13,17H,10-11H2,1-4H3,(H,25,26). The number of ether oxygens (including phenoxy) is 1. The number of benzene rings is 1. The van der Waals surface area contributed by atoms with Crippen LogP contribution >= 0.6 is 23.1 Å². The monoisotopic (exact) mass is 443 g/mol. The van der Waals surface area contributed by atoms with E-state index >= 15 is 0 Å². The number of nitrogens with one attached hydrogen (secondary N) is 1. The van der Waals surface area contributed by atoms with Gasteiger partial charge in [-0.15, -0.1) is 11.3 Å². The molecule has 0 fully saturated rings. The van der Waals surface area contributed by atoms with Crippen LogP contribution < -0.4 is 5.32 Å². The number of fused-ring (bicyclic) bond motifs is 1. The highest BCUT2D eigenvalue weighted by Crippen LogP contribution is 2.34. The third kappa shape index (κ3) is 5.58. The number of hydrogen-bond acceptors (Lipinski definition) is 7. The third-order valence-corrected chi connectivity index (χ3v) is 6.65. The molecule has 1 N–H and O–H groups in total. The Kier molecular flexibility index (Phi) is 7.44. The van der Waals surface area contributed by atoms with E-state index in [9.17, 15) is 9.59 Å². The zero-order valence-electron chi connectivity index (χ0n) is 17.5. The number of carbonyl (C=O) groups excluding carboxylic acids is 2. The van der Waals surface area contributed by atoms with Crippen LogP contribution in [0.25, 0.3) is 10.2 Å². The number of rotatable bonds is 8. The molecule has 0 bridgehead atoms. The summed E-state index contributed by atoms with van der Waals surface area (Å²) >= 11 is 3.01. The summed E-state index contributed by atoms with van der Waals surface area (Å²) in [5, 5.41) is 4.78. The molecule has 0 radical (unpaired) electrons. The number of hydrogen-bond donors (Lipinski definition) is 1. The second-order valence-electron chi connectivity index (χ2n) is 7.20. The van der Waals surface area contributed by atoms with Crippen LogP contribution in [0.15, 0.2) is 41.7 Å². The largest absolute Gasteiger partial charge is 0.463 e. The minimum atomic E-state index is -0.443. The molecular formula is C22H25N3O3S2. The van der Waals surface area contributed by atoms with Gasteiger partial charge < -0.3 is 10.1 Å². The molecule has 1 atom stereocenters. The van der Waals surface area contributed by atoms with Crippen LogP contribution in [0, 0.1) is 13.8 Å². The van der Waals surface area contributed by atoms with E-state index in [0.29, 0.717) is 0 Å². The van der Waals surface area contributed by atoms with Crippen LogP contribution in [-0.4, -0.2) is 33.7 Å². The lowest BCUT2D eigenvalue weighted by atomic mass is 10.0. The fourth-order valence-electron chi connectivity index (χ4n) is 3.04. The fourth-order valence-corrected chi connectivity index (χ4v) is 4.97. The number of thioether (sulfide) groups is 1. The molecule has 2 aromatic heterocycles. The van der Waals surface area contributed by atoms with Gasteiger partial charge in [-0.1, -0.05) is 42.1 Å². The van der Waals surface area contributed by atoms with Gasteiger partial charge in [-0.2, -0.15) is 0 Å².